The fourth-order valence-electron chi connectivity index (χ4n) is 3.65. The molecule has 0 bridgehead atoms. The average Bonchev–Trinajstić information content (AvgIpc) is 2.68. The third-order valence-electron chi connectivity index (χ3n) is 5.14. The van der Waals surface area contributed by atoms with E-state index in [-0.39, 0.29) is 23.9 Å². The van der Waals surface area contributed by atoms with E-state index in [0.29, 0.717) is 34.1 Å². The van der Waals surface area contributed by atoms with Crippen molar-refractivity contribution in [3.63, 3.8) is 0 Å². The van der Waals surface area contributed by atoms with Crippen molar-refractivity contribution < 1.29 is 22.8 Å². The molecule has 1 atom stereocenters. The van der Waals surface area contributed by atoms with Crippen LogP contribution in [0.1, 0.15) is 40.0 Å². The minimum absolute atomic E-state index is 0.0317. The quantitative estimate of drug-likeness (QED) is 0.702. The molecule has 1 heterocycles. The van der Waals surface area contributed by atoms with Gasteiger partial charge in [0, 0.05) is 22.2 Å². The zero-order valence-corrected chi connectivity index (χ0v) is 17.5. The number of nitrogens with zero attached hydrogens (tertiary/aromatic N) is 1. The summed E-state index contributed by atoms with van der Waals surface area (Å²) in [5, 5.41) is 2.72. The van der Waals surface area contributed by atoms with E-state index in [9.17, 15) is 22.8 Å². The number of halogens is 5. The second kappa shape index (κ2) is 8.86. The van der Waals surface area contributed by atoms with Crippen molar-refractivity contribution in [2.45, 2.75) is 32.0 Å². The Balaban J connectivity index is 1.80. The molecule has 30 heavy (non-hydrogen) atoms. The van der Waals surface area contributed by atoms with Crippen molar-refractivity contribution >= 4 is 35.0 Å². The molecule has 1 aliphatic heterocycles. The van der Waals surface area contributed by atoms with E-state index in [1.807, 2.05) is 12.2 Å². The van der Waals surface area contributed by atoms with Gasteiger partial charge in [-0.05, 0) is 48.2 Å². The molecule has 2 aromatic rings. The lowest BCUT2D eigenvalue weighted by molar-refractivity contribution is -0.133. The molecule has 0 fully saturated rings. The zero-order valence-electron chi connectivity index (χ0n) is 16.0. The number of fused-ring (bicyclic) bond motifs is 1. The fraction of sp³-hybridized carbons (Fsp3) is 0.333. The van der Waals surface area contributed by atoms with Gasteiger partial charge in [0.05, 0.1) is 12.5 Å². The van der Waals surface area contributed by atoms with E-state index in [1.54, 1.807) is 35.2 Å². The first-order chi connectivity index (χ1) is 14.1. The van der Waals surface area contributed by atoms with Crippen LogP contribution < -0.4 is 5.32 Å². The molecule has 2 aromatic carbocycles. The fourth-order valence-corrected chi connectivity index (χ4v) is 4.18. The first-order valence-corrected chi connectivity index (χ1v) is 10.0. The van der Waals surface area contributed by atoms with Gasteiger partial charge in [-0.3, -0.25) is 9.59 Å². The summed E-state index contributed by atoms with van der Waals surface area (Å²) in [5.74, 6) is -0.950. The Kier molecular flexibility index (Phi) is 6.62. The maximum Gasteiger partial charge on any atom is 0.405 e. The predicted molar refractivity (Wildman–Crippen MR) is 109 cm³/mol. The van der Waals surface area contributed by atoms with Crippen LogP contribution in [0.25, 0.3) is 0 Å². The van der Waals surface area contributed by atoms with Crippen molar-refractivity contribution in [3.05, 3.63) is 68.7 Å². The number of amides is 2. The van der Waals surface area contributed by atoms with Crippen LogP contribution in [0, 0.1) is 0 Å². The highest BCUT2D eigenvalue weighted by Crippen LogP contribution is 2.33. The molecule has 9 heteroatoms. The van der Waals surface area contributed by atoms with Crippen molar-refractivity contribution in [1.29, 1.82) is 0 Å². The summed E-state index contributed by atoms with van der Waals surface area (Å²) in [6.07, 6.45) is -4.10. The Bertz CT molecular complexity index is 959. The Morgan fingerprint density at radius 3 is 2.40 bits per heavy atom. The third kappa shape index (κ3) is 4.90. The molecule has 0 saturated carbocycles. The maximum atomic E-state index is 12.9. The summed E-state index contributed by atoms with van der Waals surface area (Å²) in [6.45, 7) is 0.758. The van der Waals surface area contributed by atoms with Gasteiger partial charge >= 0.3 is 6.18 Å². The van der Waals surface area contributed by atoms with Crippen LogP contribution in [-0.2, 0) is 17.6 Å². The normalized spacial score (nSPS) is 16.2. The molecular weight excluding hydrogens is 440 g/mol. The monoisotopic (exact) mass is 458 g/mol. The summed E-state index contributed by atoms with van der Waals surface area (Å²) in [4.78, 5) is 26.9. The molecule has 4 nitrogen and oxygen atoms in total. The number of benzene rings is 2. The summed E-state index contributed by atoms with van der Waals surface area (Å²) >= 11 is 12.3. The van der Waals surface area contributed by atoms with Crippen LogP contribution in [0.5, 0.6) is 0 Å². The summed E-state index contributed by atoms with van der Waals surface area (Å²) in [5.41, 5.74) is 2.14. The predicted octanol–water partition coefficient (Wildman–Crippen LogP) is 4.97. The Morgan fingerprint density at radius 2 is 1.77 bits per heavy atom. The molecule has 0 unspecified atom stereocenters. The van der Waals surface area contributed by atoms with Crippen molar-refractivity contribution in [3.8, 4) is 0 Å². The van der Waals surface area contributed by atoms with E-state index in [0.717, 1.165) is 5.56 Å². The standard InChI is InChI=1S/C21H19Cl2F3N2O2/c1-12-13-4-2-5-15(20(30)27-11-21(24,25)26)14(13)8-9-28(12)19(29)10-16-17(22)6-3-7-18(16)23/h2-7,12H,8-11H2,1H3,(H,27,30)/t12-/m0/s1. The highest BCUT2D eigenvalue weighted by atomic mass is 35.5. The summed E-state index contributed by atoms with van der Waals surface area (Å²) in [6, 6.07) is 9.56. The second-order valence-corrected chi connectivity index (χ2v) is 7.88. The van der Waals surface area contributed by atoms with Crippen LogP contribution in [0.15, 0.2) is 36.4 Å². The van der Waals surface area contributed by atoms with Crippen LogP contribution in [0.4, 0.5) is 13.2 Å². The van der Waals surface area contributed by atoms with Crippen LogP contribution in [0.3, 0.4) is 0 Å². The van der Waals surface area contributed by atoms with Crippen LogP contribution in [-0.4, -0.2) is 36.0 Å². The molecule has 2 amide bonds. The van der Waals surface area contributed by atoms with Gasteiger partial charge in [-0.2, -0.15) is 13.2 Å². The highest BCUT2D eigenvalue weighted by Gasteiger charge is 2.32. The second-order valence-electron chi connectivity index (χ2n) is 7.06. The topological polar surface area (TPSA) is 49.4 Å². The van der Waals surface area contributed by atoms with E-state index < -0.39 is 18.6 Å². The zero-order chi connectivity index (χ0) is 22.1. The number of hydrogen-bond acceptors (Lipinski definition) is 2. The minimum atomic E-state index is -4.49. The average molecular weight is 459 g/mol. The van der Waals surface area contributed by atoms with E-state index in [4.69, 9.17) is 23.2 Å². The van der Waals surface area contributed by atoms with Gasteiger partial charge in [-0.25, -0.2) is 0 Å². The lowest BCUT2D eigenvalue weighted by Crippen LogP contribution is -2.41. The van der Waals surface area contributed by atoms with Crippen molar-refractivity contribution in [2.75, 3.05) is 13.1 Å². The van der Waals surface area contributed by atoms with E-state index in [2.05, 4.69) is 0 Å². The van der Waals surface area contributed by atoms with Crippen LogP contribution in [0.2, 0.25) is 10.0 Å². The molecule has 0 aliphatic carbocycles. The van der Waals surface area contributed by atoms with Gasteiger partial charge in [0.2, 0.25) is 5.91 Å². The first-order valence-electron chi connectivity index (χ1n) is 9.27. The molecule has 160 valence electrons. The Labute approximate surface area is 182 Å². The lowest BCUT2D eigenvalue weighted by Gasteiger charge is -2.36. The largest absolute Gasteiger partial charge is 0.405 e. The van der Waals surface area contributed by atoms with Crippen molar-refractivity contribution in [2.24, 2.45) is 0 Å². The van der Waals surface area contributed by atoms with E-state index >= 15 is 0 Å². The summed E-state index contributed by atoms with van der Waals surface area (Å²) < 4.78 is 37.3. The molecule has 0 radical (unpaired) electrons. The highest BCUT2D eigenvalue weighted by molar-refractivity contribution is 6.36. The van der Waals surface area contributed by atoms with Gasteiger partial charge in [0.15, 0.2) is 0 Å². The molecule has 3 rings (SSSR count). The molecule has 0 aromatic heterocycles. The number of rotatable bonds is 4. The number of carbonyl (C=O) groups excluding carboxylic acids is 2. The van der Waals surface area contributed by atoms with Gasteiger partial charge in [0.25, 0.3) is 5.91 Å². The van der Waals surface area contributed by atoms with Gasteiger partial charge < -0.3 is 10.2 Å². The van der Waals surface area contributed by atoms with Gasteiger partial charge in [0.1, 0.15) is 6.54 Å². The minimum Gasteiger partial charge on any atom is -0.343 e. The Hall–Kier alpha value is -2.25. The molecule has 0 saturated heterocycles. The lowest BCUT2D eigenvalue weighted by atomic mass is 9.89. The molecule has 0 spiro atoms. The molecule has 1 aliphatic rings. The number of carbonyl (C=O) groups is 2. The number of hydrogen-bond donors (Lipinski definition) is 1. The van der Waals surface area contributed by atoms with Gasteiger partial charge in [-0.1, -0.05) is 41.4 Å². The van der Waals surface area contributed by atoms with Crippen molar-refractivity contribution in [1.82, 2.24) is 10.2 Å². The smallest absolute Gasteiger partial charge is 0.343 e. The Morgan fingerprint density at radius 1 is 1.13 bits per heavy atom. The SMILES string of the molecule is C[C@H]1c2cccc(C(=O)NCC(F)(F)F)c2CCN1C(=O)Cc1c(Cl)cccc1Cl. The van der Waals surface area contributed by atoms with Gasteiger partial charge in [-0.15, -0.1) is 0 Å². The maximum absolute atomic E-state index is 12.9. The number of nitrogens with one attached hydrogen (secondary N) is 1. The summed E-state index contributed by atoms with van der Waals surface area (Å²) in [7, 11) is 0. The van der Waals surface area contributed by atoms with Crippen LogP contribution >= 0.6 is 23.2 Å². The molecular formula is C21H19Cl2F3N2O2. The third-order valence-corrected chi connectivity index (χ3v) is 5.84. The number of alkyl halides is 3. The van der Waals surface area contributed by atoms with E-state index in [1.165, 1.54) is 6.07 Å². The molecule has 1 N–H and O–H groups in total. The first kappa shape index (κ1) is 22.4.